The highest BCUT2D eigenvalue weighted by Crippen LogP contribution is 2.31. The number of benzene rings is 1. The topological polar surface area (TPSA) is 83.3 Å². The molecule has 0 aliphatic carbocycles. The Morgan fingerprint density at radius 3 is 2.72 bits per heavy atom. The summed E-state index contributed by atoms with van der Waals surface area (Å²) >= 11 is 0. The Bertz CT molecular complexity index is 876. The normalized spacial score (nSPS) is 15.9. The minimum absolute atomic E-state index is 0. The number of hydrogen-bond donors (Lipinski definition) is 3. The van der Waals surface area contributed by atoms with E-state index in [4.69, 9.17) is 0 Å². The lowest BCUT2D eigenvalue weighted by Gasteiger charge is -2.26. The van der Waals surface area contributed by atoms with Crippen LogP contribution in [0.15, 0.2) is 29.3 Å². The summed E-state index contributed by atoms with van der Waals surface area (Å²) in [5, 5.41) is 14.4. The molecule has 1 amide bonds. The number of para-hydroxylation sites is 1. The molecule has 2 aromatic rings. The average molecular weight is 510 g/mol. The summed E-state index contributed by atoms with van der Waals surface area (Å²) in [4.78, 5) is 16.4. The van der Waals surface area contributed by atoms with E-state index in [1.165, 1.54) is 16.8 Å². The summed E-state index contributed by atoms with van der Waals surface area (Å²) in [6, 6.07) is 7.98. The van der Waals surface area contributed by atoms with Gasteiger partial charge in [0.05, 0.1) is 5.69 Å². The van der Waals surface area contributed by atoms with Crippen LogP contribution in [0, 0.1) is 0 Å². The van der Waals surface area contributed by atoms with Gasteiger partial charge in [0.2, 0.25) is 5.91 Å². The molecule has 0 radical (unpaired) electrons. The second-order valence-corrected chi connectivity index (χ2v) is 7.05. The second-order valence-electron chi connectivity index (χ2n) is 7.05. The predicted octanol–water partition coefficient (Wildman–Crippen LogP) is 2.95. The van der Waals surface area contributed by atoms with Crippen molar-refractivity contribution in [1.29, 1.82) is 0 Å². The van der Waals surface area contributed by atoms with Crippen molar-refractivity contribution >= 4 is 41.5 Å². The first kappa shape index (κ1) is 23.2. The predicted molar refractivity (Wildman–Crippen MR) is 128 cm³/mol. The third-order valence-electron chi connectivity index (χ3n) is 5.31. The van der Waals surface area contributed by atoms with Gasteiger partial charge in [-0.3, -0.25) is 14.5 Å². The van der Waals surface area contributed by atoms with Gasteiger partial charge in [-0.15, -0.1) is 24.0 Å². The first-order chi connectivity index (χ1) is 13.6. The Labute approximate surface area is 189 Å². The Hall–Kier alpha value is -2.10. The van der Waals surface area contributed by atoms with Gasteiger partial charge in [-0.05, 0) is 24.5 Å². The van der Waals surface area contributed by atoms with Gasteiger partial charge in [0.1, 0.15) is 0 Å². The highest BCUT2D eigenvalue weighted by atomic mass is 127. The van der Waals surface area contributed by atoms with Crippen LogP contribution in [0.4, 0.5) is 5.69 Å². The molecule has 1 aromatic heterocycles. The summed E-state index contributed by atoms with van der Waals surface area (Å²) in [6.45, 7) is 5.61. The van der Waals surface area contributed by atoms with E-state index in [1.807, 2.05) is 29.9 Å². The van der Waals surface area contributed by atoms with Crippen LogP contribution in [0.25, 0.3) is 0 Å². The Morgan fingerprint density at radius 1 is 1.28 bits per heavy atom. The van der Waals surface area contributed by atoms with Crippen LogP contribution in [-0.4, -0.2) is 35.2 Å². The van der Waals surface area contributed by atoms with Crippen LogP contribution in [0.2, 0.25) is 0 Å². The number of guanidine groups is 1. The molecule has 0 bridgehead atoms. The average Bonchev–Trinajstić information content (AvgIpc) is 3.02. The fraction of sp³-hybridized carbons (Fsp3) is 0.476. The van der Waals surface area contributed by atoms with Crippen molar-refractivity contribution in [3.8, 4) is 0 Å². The van der Waals surface area contributed by atoms with E-state index in [-0.39, 0.29) is 35.8 Å². The van der Waals surface area contributed by atoms with E-state index in [1.54, 1.807) is 7.05 Å². The first-order valence-electron chi connectivity index (χ1n) is 9.94. The molecule has 1 aliphatic rings. The van der Waals surface area contributed by atoms with E-state index in [0.29, 0.717) is 19.5 Å². The molecule has 1 atom stereocenters. The van der Waals surface area contributed by atoms with Gasteiger partial charge in [-0.1, -0.05) is 32.0 Å². The van der Waals surface area contributed by atoms with Crippen molar-refractivity contribution < 1.29 is 4.79 Å². The molecule has 0 fully saturated rings. The zero-order valence-corrected chi connectivity index (χ0v) is 19.9. The molecule has 7 nitrogen and oxygen atoms in total. The standard InChI is InChI=1S/C21H30N6O.HI/c1-5-17-16(19(6-2)27(4)26-17)13-24-21(22-3)23-12-14-11-20(28)25-18-10-8-7-9-15(14)18;/h7-10,14H,5-6,11-13H2,1-4H3,(H,25,28)(H2,22,23,24);1H. The van der Waals surface area contributed by atoms with E-state index in [0.717, 1.165) is 30.2 Å². The molecule has 29 heavy (non-hydrogen) atoms. The lowest BCUT2D eigenvalue weighted by atomic mass is 9.90. The maximum absolute atomic E-state index is 12.0. The van der Waals surface area contributed by atoms with Crippen LogP contribution < -0.4 is 16.0 Å². The number of rotatable bonds is 6. The molecular weight excluding hydrogens is 479 g/mol. The highest BCUT2D eigenvalue weighted by molar-refractivity contribution is 14.0. The van der Waals surface area contributed by atoms with Crippen LogP contribution >= 0.6 is 24.0 Å². The SMILES string of the molecule is CCc1nn(C)c(CC)c1CNC(=NC)NCC1CC(=O)Nc2ccccc21.I. The molecular formula is C21H31IN6O. The first-order valence-corrected chi connectivity index (χ1v) is 9.94. The van der Waals surface area contributed by atoms with Crippen LogP contribution in [-0.2, 0) is 31.2 Å². The monoisotopic (exact) mass is 510 g/mol. The molecule has 3 N–H and O–H groups in total. The number of carbonyl (C=O) groups is 1. The van der Waals surface area contributed by atoms with Gasteiger partial charge in [0, 0.05) is 56.5 Å². The molecule has 1 unspecified atom stereocenters. The number of hydrogen-bond acceptors (Lipinski definition) is 3. The number of aryl methyl sites for hydroxylation is 2. The van der Waals surface area contributed by atoms with Gasteiger partial charge < -0.3 is 16.0 Å². The third-order valence-corrected chi connectivity index (χ3v) is 5.31. The minimum atomic E-state index is 0. The van der Waals surface area contributed by atoms with E-state index in [9.17, 15) is 4.79 Å². The lowest BCUT2D eigenvalue weighted by molar-refractivity contribution is -0.116. The van der Waals surface area contributed by atoms with Crippen LogP contribution in [0.3, 0.4) is 0 Å². The number of anilines is 1. The summed E-state index contributed by atoms with van der Waals surface area (Å²) < 4.78 is 1.98. The van der Waals surface area contributed by atoms with Gasteiger partial charge in [0.15, 0.2) is 5.96 Å². The number of amides is 1. The number of aliphatic imine (C=N–C) groups is 1. The number of fused-ring (bicyclic) bond motifs is 1. The van der Waals surface area contributed by atoms with E-state index in [2.05, 4.69) is 46.0 Å². The fourth-order valence-electron chi connectivity index (χ4n) is 3.89. The minimum Gasteiger partial charge on any atom is -0.356 e. The van der Waals surface area contributed by atoms with Crippen molar-refractivity contribution in [3.05, 3.63) is 46.8 Å². The van der Waals surface area contributed by atoms with Crippen molar-refractivity contribution in [2.45, 2.75) is 45.6 Å². The molecule has 0 saturated carbocycles. The number of carbonyl (C=O) groups excluding carboxylic acids is 1. The molecule has 8 heteroatoms. The summed E-state index contributed by atoms with van der Waals surface area (Å²) in [5.41, 5.74) is 5.69. The second kappa shape index (κ2) is 10.6. The van der Waals surface area contributed by atoms with Crippen LogP contribution in [0.1, 0.15) is 48.7 Å². The molecule has 0 saturated heterocycles. The van der Waals surface area contributed by atoms with Crippen molar-refractivity contribution in [1.82, 2.24) is 20.4 Å². The molecule has 0 spiro atoms. The van der Waals surface area contributed by atoms with E-state index >= 15 is 0 Å². The van der Waals surface area contributed by atoms with Crippen molar-refractivity contribution in [3.63, 3.8) is 0 Å². The quantitative estimate of drug-likeness (QED) is 0.317. The molecule has 1 aliphatic heterocycles. The summed E-state index contributed by atoms with van der Waals surface area (Å²) in [6.07, 6.45) is 2.33. The fourth-order valence-corrected chi connectivity index (χ4v) is 3.89. The largest absolute Gasteiger partial charge is 0.356 e. The zero-order valence-electron chi connectivity index (χ0n) is 17.6. The van der Waals surface area contributed by atoms with Gasteiger partial charge >= 0.3 is 0 Å². The van der Waals surface area contributed by atoms with Crippen molar-refractivity contribution in [2.24, 2.45) is 12.0 Å². The third kappa shape index (κ3) is 5.29. The maximum atomic E-state index is 12.0. The zero-order chi connectivity index (χ0) is 20.1. The number of nitrogens with zero attached hydrogens (tertiary/aromatic N) is 3. The Kier molecular flexibility index (Phi) is 8.48. The number of aromatic nitrogens is 2. The van der Waals surface area contributed by atoms with Gasteiger partial charge in [-0.2, -0.15) is 5.10 Å². The molecule has 1 aromatic carbocycles. The molecule has 158 valence electrons. The summed E-state index contributed by atoms with van der Waals surface area (Å²) in [7, 11) is 3.77. The Balaban J connectivity index is 0.00000300. The Morgan fingerprint density at radius 2 is 2.03 bits per heavy atom. The number of halogens is 1. The summed E-state index contributed by atoms with van der Waals surface area (Å²) in [5.74, 6) is 0.916. The van der Waals surface area contributed by atoms with E-state index < -0.39 is 0 Å². The molecule has 2 heterocycles. The van der Waals surface area contributed by atoms with Gasteiger partial charge in [-0.25, -0.2) is 0 Å². The highest BCUT2D eigenvalue weighted by Gasteiger charge is 2.24. The van der Waals surface area contributed by atoms with Gasteiger partial charge in [0.25, 0.3) is 0 Å². The lowest BCUT2D eigenvalue weighted by Crippen LogP contribution is -2.40. The smallest absolute Gasteiger partial charge is 0.225 e. The maximum Gasteiger partial charge on any atom is 0.225 e. The van der Waals surface area contributed by atoms with Crippen LogP contribution in [0.5, 0.6) is 0 Å². The molecule has 3 rings (SSSR count). The number of nitrogens with one attached hydrogen (secondary N) is 3. The van der Waals surface area contributed by atoms with Crippen molar-refractivity contribution in [2.75, 3.05) is 18.9 Å².